The average molecular weight is 348 g/mol. The Labute approximate surface area is 131 Å². The van der Waals surface area contributed by atoms with Gasteiger partial charge in [0.2, 0.25) is 0 Å². The van der Waals surface area contributed by atoms with E-state index in [0.717, 1.165) is 18.5 Å². The summed E-state index contributed by atoms with van der Waals surface area (Å²) in [6, 6.07) is 10.7. The molecule has 1 aliphatic rings. The monoisotopic (exact) mass is 347 g/mol. The van der Waals surface area contributed by atoms with E-state index in [0.29, 0.717) is 12.1 Å². The second-order valence-corrected chi connectivity index (χ2v) is 6.09. The standard InChI is InChI=1S/C17H15BrFNO/c1-11-7-8-15-12(10-11)4-3-9-20(15)17(21)13-5-2-6-14(19)16(13)18/h2,5-8,10H,3-4,9H2,1H3. The molecule has 4 heteroatoms. The fraction of sp³-hybridized carbons (Fsp3) is 0.235. The zero-order chi connectivity index (χ0) is 15.0. The first kappa shape index (κ1) is 14.3. The highest BCUT2D eigenvalue weighted by molar-refractivity contribution is 9.10. The van der Waals surface area contributed by atoms with E-state index in [-0.39, 0.29) is 10.4 Å². The van der Waals surface area contributed by atoms with E-state index in [4.69, 9.17) is 0 Å². The first-order valence-corrected chi connectivity index (χ1v) is 7.72. The smallest absolute Gasteiger partial charge is 0.259 e. The lowest BCUT2D eigenvalue weighted by molar-refractivity contribution is 0.0984. The second-order valence-electron chi connectivity index (χ2n) is 5.29. The molecule has 0 saturated carbocycles. The molecule has 0 N–H and O–H groups in total. The van der Waals surface area contributed by atoms with E-state index in [1.165, 1.54) is 17.2 Å². The Hall–Kier alpha value is -1.68. The summed E-state index contributed by atoms with van der Waals surface area (Å²) < 4.78 is 13.9. The predicted octanol–water partition coefficient (Wildman–Crippen LogP) is 4.49. The molecule has 1 amide bonds. The molecule has 1 aliphatic heterocycles. The third-order valence-electron chi connectivity index (χ3n) is 3.78. The van der Waals surface area contributed by atoms with Gasteiger partial charge < -0.3 is 4.90 Å². The van der Waals surface area contributed by atoms with Crippen molar-refractivity contribution >= 4 is 27.5 Å². The lowest BCUT2D eigenvalue weighted by Crippen LogP contribution is -2.35. The van der Waals surface area contributed by atoms with Gasteiger partial charge >= 0.3 is 0 Å². The Bertz CT molecular complexity index is 714. The Kier molecular flexibility index (Phi) is 3.81. The van der Waals surface area contributed by atoms with E-state index in [2.05, 4.69) is 22.0 Å². The summed E-state index contributed by atoms with van der Waals surface area (Å²) in [6.45, 7) is 2.71. The van der Waals surface area contributed by atoms with E-state index >= 15 is 0 Å². The number of fused-ring (bicyclic) bond motifs is 1. The van der Waals surface area contributed by atoms with Crippen molar-refractivity contribution in [3.63, 3.8) is 0 Å². The summed E-state index contributed by atoms with van der Waals surface area (Å²) in [5, 5.41) is 0. The molecule has 0 atom stereocenters. The molecule has 0 saturated heterocycles. The SMILES string of the molecule is Cc1ccc2c(c1)CCCN2C(=O)c1cccc(F)c1Br. The molecule has 2 nitrogen and oxygen atoms in total. The summed E-state index contributed by atoms with van der Waals surface area (Å²) in [5.41, 5.74) is 3.67. The minimum Gasteiger partial charge on any atom is -0.308 e. The Balaban J connectivity index is 2.02. The molecule has 21 heavy (non-hydrogen) atoms. The van der Waals surface area contributed by atoms with Crippen molar-refractivity contribution in [2.24, 2.45) is 0 Å². The average Bonchev–Trinajstić information content (AvgIpc) is 2.48. The predicted molar refractivity (Wildman–Crippen MR) is 85.3 cm³/mol. The molecular weight excluding hydrogens is 333 g/mol. The van der Waals surface area contributed by atoms with Crippen LogP contribution in [0, 0.1) is 12.7 Å². The first-order valence-electron chi connectivity index (χ1n) is 6.93. The van der Waals surface area contributed by atoms with Gasteiger partial charge in [0.1, 0.15) is 5.82 Å². The van der Waals surface area contributed by atoms with Gasteiger partial charge in [0.25, 0.3) is 5.91 Å². The van der Waals surface area contributed by atoms with Gasteiger partial charge in [-0.3, -0.25) is 4.79 Å². The summed E-state index contributed by atoms with van der Waals surface area (Å²) >= 11 is 3.18. The quantitative estimate of drug-likeness (QED) is 0.744. The summed E-state index contributed by atoms with van der Waals surface area (Å²) in [7, 11) is 0. The Morgan fingerprint density at radius 1 is 1.29 bits per heavy atom. The van der Waals surface area contributed by atoms with Crippen LogP contribution >= 0.6 is 15.9 Å². The summed E-state index contributed by atoms with van der Waals surface area (Å²) in [6.07, 6.45) is 1.90. The maximum atomic E-state index is 13.6. The lowest BCUT2D eigenvalue weighted by atomic mass is 9.99. The molecule has 2 aromatic carbocycles. The number of halogens is 2. The third kappa shape index (κ3) is 2.60. The number of hydrogen-bond donors (Lipinski definition) is 0. The fourth-order valence-corrected chi connectivity index (χ4v) is 3.19. The van der Waals surface area contributed by atoms with Gasteiger partial charge in [0, 0.05) is 12.2 Å². The van der Waals surface area contributed by atoms with Crippen molar-refractivity contribution in [3.8, 4) is 0 Å². The minimum atomic E-state index is -0.415. The second kappa shape index (κ2) is 5.60. The van der Waals surface area contributed by atoms with Crippen LogP contribution in [0.5, 0.6) is 0 Å². The van der Waals surface area contributed by atoms with Crippen LogP contribution in [0.1, 0.15) is 27.9 Å². The number of rotatable bonds is 1. The highest BCUT2D eigenvalue weighted by Gasteiger charge is 2.25. The summed E-state index contributed by atoms with van der Waals surface area (Å²) in [5.74, 6) is -0.576. The molecule has 0 unspecified atom stereocenters. The van der Waals surface area contributed by atoms with E-state index in [1.807, 2.05) is 19.1 Å². The van der Waals surface area contributed by atoms with Crippen LogP contribution in [0.25, 0.3) is 0 Å². The minimum absolute atomic E-state index is 0.161. The number of carbonyl (C=O) groups excluding carboxylic acids is 1. The number of carbonyl (C=O) groups is 1. The van der Waals surface area contributed by atoms with E-state index in [1.54, 1.807) is 17.0 Å². The van der Waals surface area contributed by atoms with Crippen molar-refractivity contribution in [2.75, 3.05) is 11.4 Å². The van der Waals surface area contributed by atoms with Gasteiger partial charge in [0.15, 0.2) is 0 Å². The van der Waals surface area contributed by atoms with Crippen molar-refractivity contribution in [2.45, 2.75) is 19.8 Å². The van der Waals surface area contributed by atoms with E-state index < -0.39 is 5.82 Å². The maximum absolute atomic E-state index is 13.6. The largest absolute Gasteiger partial charge is 0.308 e. The molecule has 0 bridgehead atoms. The number of anilines is 1. The third-order valence-corrected chi connectivity index (χ3v) is 4.59. The normalized spacial score (nSPS) is 14.0. The molecule has 0 spiro atoms. The molecule has 0 aromatic heterocycles. The zero-order valence-corrected chi connectivity index (χ0v) is 13.3. The molecule has 0 radical (unpaired) electrons. The van der Waals surface area contributed by atoms with Crippen molar-refractivity contribution in [1.29, 1.82) is 0 Å². The van der Waals surface area contributed by atoms with Crippen molar-refractivity contribution in [1.82, 2.24) is 0 Å². The number of hydrogen-bond acceptors (Lipinski definition) is 1. The van der Waals surface area contributed by atoms with Crippen LogP contribution in [-0.2, 0) is 6.42 Å². The van der Waals surface area contributed by atoms with E-state index in [9.17, 15) is 9.18 Å². The molecule has 1 heterocycles. The van der Waals surface area contributed by atoms with Gasteiger partial charge in [0.05, 0.1) is 10.0 Å². The van der Waals surface area contributed by atoms with Crippen LogP contribution in [0.2, 0.25) is 0 Å². The maximum Gasteiger partial charge on any atom is 0.259 e. The number of amides is 1. The van der Waals surface area contributed by atoms with Crippen LogP contribution < -0.4 is 4.90 Å². The van der Waals surface area contributed by atoms with Crippen molar-refractivity contribution < 1.29 is 9.18 Å². The molecular formula is C17H15BrFNO. The van der Waals surface area contributed by atoms with Gasteiger partial charge in [-0.25, -0.2) is 4.39 Å². The van der Waals surface area contributed by atoms with Gasteiger partial charge in [-0.1, -0.05) is 23.8 Å². The Morgan fingerprint density at radius 2 is 2.10 bits per heavy atom. The van der Waals surface area contributed by atoms with Gasteiger partial charge in [-0.2, -0.15) is 0 Å². The Morgan fingerprint density at radius 3 is 2.90 bits per heavy atom. The molecule has 108 valence electrons. The summed E-state index contributed by atoms with van der Waals surface area (Å²) in [4.78, 5) is 14.5. The van der Waals surface area contributed by atoms with Gasteiger partial charge in [-0.15, -0.1) is 0 Å². The first-order chi connectivity index (χ1) is 10.1. The van der Waals surface area contributed by atoms with Crippen molar-refractivity contribution in [3.05, 3.63) is 63.4 Å². The highest BCUT2D eigenvalue weighted by atomic mass is 79.9. The number of aryl methyl sites for hydroxylation is 2. The highest BCUT2D eigenvalue weighted by Crippen LogP contribution is 2.31. The number of benzene rings is 2. The topological polar surface area (TPSA) is 20.3 Å². The fourth-order valence-electron chi connectivity index (χ4n) is 2.75. The number of nitrogens with zero attached hydrogens (tertiary/aromatic N) is 1. The van der Waals surface area contributed by atoms with Crippen LogP contribution in [0.15, 0.2) is 40.9 Å². The molecule has 2 aromatic rings. The van der Waals surface area contributed by atoms with Gasteiger partial charge in [-0.05, 0) is 59.5 Å². The van der Waals surface area contributed by atoms with Crippen LogP contribution in [0.3, 0.4) is 0 Å². The zero-order valence-electron chi connectivity index (χ0n) is 11.7. The lowest BCUT2D eigenvalue weighted by Gasteiger charge is -2.30. The molecule has 0 aliphatic carbocycles. The van der Waals surface area contributed by atoms with Crippen LogP contribution in [-0.4, -0.2) is 12.5 Å². The molecule has 0 fully saturated rings. The molecule has 3 rings (SSSR count). The van der Waals surface area contributed by atoms with Crippen LogP contribution in [0.4, 0.5) is 10.1 Å².